The molecule has 0 saturated carbocycles. The standard InChI is InChI=1S/C15H12N2O2S2/c18-17(19)12-7-5-11(6-8-12)16-15(13-3-1-9-20-13)14-4-2-10-21-14/h1-10,15-16H. The first-order chi connectivity index (χ1) is 10.2. The molecule has 4 nitrogen and oxygen atoms in total. The zero-order valence-electron chi connectivity index (χ0n) is 10.9. The Bertz CT molecular complexity index is 672. The van der Waals surface area contributed by atoms with E-state index in [1.54, 1.807) is 34.8 Å². The summed E-state index contributed by atoms with van der Waals surface area (Å²) in [6.45, 7) is 0. The maximum atomic E-state index is 10.7. The number of anilines is 1. The molecule has 0 aliphatic rings. The van der Waals surface area contributed by atoms with Gasteiger partial charge in [-0.05, 0) is 35.0 Å². The molecule has 0 fully saturated rings. The van der Waals surface area contributed by atoms with Gasteiger partial charge in [0.25, 0.3) is 5.69 Å². The summed E-state index contributed by atoms with van der Waals surface area (Å²) in [5, 5.41) is 18.2. The minimum absolute atomic E-state index is 0.0754. The first kappa shape index (κ1) is 13.8. The van der Waals surface area contributed by atoms with Gasteiger partial charge in [-0.3, -0.25) is 10.1 Å². The number of hydrogen-bond acceptors (Lipinski definition) is 5. The quantitative estimate of drug-likeness (QED) is 0.537. The van der Waals surface area contributed by atoms with Crippen LogP contribution < -0.4 is 5.32 Å². The van der Waals surface area contributed by atoms with Gasteiger partial charge in [0, 0.05) is 27.6 Å². The number of thiophene rings is 2. The van der Waals surface area contributed by atoms with Crippen LogP contribution in [0.1, 0.15) is 15.8 Å². The number of benzene rings is 1. The fraction of sp³-hybridized carbons (Fsp3) is 0.0667. The monoisotopic (exact) mass is 316 g/mol. The van der Waals surface area contributed by atoms with Gasteiger partial charge in [-0.1, -0.05) is 12.1 Å². The highest BCUT2D eigenvalue weighted by atomic mass is 32.1. The van der Waals surface area contributed by atoms with Crippen molar-refractivity contribution >= 4 is 34.0 Å². The Morgan fingerprint density at radius 2 is 1.52 bits per heavy atom. The lowest BCUT2D eigenvalue weighted by molar-refractivity contribution is -0.384. The maximum absolute atomic E-state index is 10.7. The van der Waals surface area contributed by atoms with E-state index in [1.807, 2.05) is 22.9 Å². The molecular formula is C15H12N2O2S2. The Morgan fingerprint density at radius 1 is 0.952 bits per heavy atom. The van der Waals surface area contributed by atoms with Gasteiger partial charge in [0.15, 0.2) is 0 Å². The van der Waals surface area contributed by atoms with Gasteiger partial charge in [-0.2, -0.15) is 0 Å². The molecular weight excluding hydrogens is 304 g/mol. The number of non-ortho nitro benzene ring substituents is 1. The fourth-order valence-electron chi connectivity index (χ4n) is 2.04. The van der Waals surface area contributed by atoms with E-state index >= 15 is 0 Å². The highest BCUT2D eigenvalue weighted by molar-refractivity contribution is 7.11. The Hall–Kier alpha value is -2.18. The molecule has 0 saturated heterocycles. The molecule has 1 N–H and O–H groups in total. The van der Waals surface area contributed by atoms with Crippen molar-refractivity contribution in [3.05, 3.63) is 79.2 Å². The molecule has 106 valence electrons. The number of rotatable bonds is 5. The molecule has 3 aromatic rings. The highest BCUT2D eigenvalue weighted by Gasteiger charge is 2.16. The first-order valence-electron chi connectivity index (χ1n) is 6.32. The van der Waals surface area contributed by atoms with Crippen LogP contribution in [-0.4, -0.2) is 4.92 Å². The summed E-state index contributed by atoms with van der Waals surface area (Å²) in [5.41, 5.74) is 0.969. The van der Waals surface area contributed by atoms with Gasteiger partial charge in [0.05, 0.1) is 11.0 Å². The lowest BCUT2D eigenvalue weighted by atomic mass is 10.2. The molecule has 0 bridgehead atoms. The van der Waals surface area contributed by atoms with Crippen molar-refractivity contribution in [1.82, 2.24) is 0 Å². The van der Waals surface area contributed by atoms with Crippen LogP contribution in [-0.2, 0) is 0 Å². The summed E-state index contributed by atoms with van der Waals surface area (Å²) < 4.78 is 0. The van der Waals surface area contributed by atoms with Crippen molar-refractivity contribution in [1.29, 1.82) is 0 Å². The normalized spacial score (nSPS) is 10.7. The summed E-state index contributed by atoms with van der Waals surface area (Å²) in [5.74, 6) is 0. The number of nitrogens with one attached hydrogen (secondary N) is 1. The van der Waals surface area contributed by atoms with E-state index in [0.717, 1.165) is 5.69 Å². The van der Waals surface area contributed by atoms with Gasteiger partial charge in [-0.15, -0.1) is 22.7 Å². The molecule has 0 atom stereocenters. The second-order valence-electron chi connectivity index (χ2n) is 4.41. The van der Waals surface area contributed by atoms with E-state index in [0.29, 0.717) is 0 Å². The van der Waals surface area contributed by atoms with Crippen LogP contribution in [0.3, 0.4) is 0 Å². The van der Waals surface area contributed by atoms with Crippen molar-refractivity contribution in [2.75, 3.05) is 5.32 Å². The zero-order valence-corrected chi connectivity index (χ0v) is 12.6. The summed E-state index contributed by atoms with van der Waals surface area (Å²) in [6.07, 6.45) is 0. The predicted molar refractivity (Wildman–Crippen MR) is 87.2 cm³/mol. The van der Waals surface area contributed by atoms with E-state index in [4.69, 9.17) is 0 Å². The van der Waals surface area contributed by atoms with E-state index < -0.39 is 0 Å². The predicted octanol–water partition coefficient (Wildman–Crippen LogP) is 4.92. The smallest absolute Gasteiger partial charge is 0.269 e. The molecule has 0 radical (unpaired) electrons. The van der Waals surface area contributed by atoms with Crippen LogP contribution >= 0.6 is 22.7 Å². The molecule has 6 heteroatoms. The molecule has 0 aliphatic carbocycles. The van der Waals surface area contributed by atoms with E-state index in [9.17, 15) is 10.1 Å². The van der Waals surface area contributed by atoms with E-state index in [-0.39, 0.29) is 16.7 Å². The minimum atomic E-state index is -0.389. The van der Waals surface area contributed by atoms with Crippen LogP contribution in [0.15, 0.2) is 59.3 Å². The van der Waals surface area contributed by atoms with Gasteiger partial charge >= 0.3 is 0 Å². The van der Waals surface area contributed by atoms with Crippen molar-refractivity contribution < 1.29 is 4.92 Å². The molecule has 0 spiro atoms. The van der Waals surface area contributed by atoms with Crippen molar-refractivity contribution in [3.63, 3.8) is 0 Å². The molecule has 1 aromatic carbocycles. The lowest BCUT2D eigenvalue weighted by Crippen LogP contribution is -2.09. The summed E-state index contributed by atoms with van der Waals surface area (Å²) in [7, 11) is 0. The molecule has 0 aliphatic heterocycles. The summed E-state index contributed by atoms with van der Waals surface area (Å²) >= 11 is 3.38. The third-order valence-electron chi connectivity index (χ3n) is 3.04. The van der Waals surface area contributed by atoms with Gasteiger partial charge in [-0.25, -0.2) is 0 Å². The zero-order chi connectivity index (χ0) is 14.7. The van der Waals surface area contributed by atoms with E-state index in [1.165, 1.54) is 21.9 Å². The van der Waals surface area contributed by atoms with Crippen molar-refractivity contribution in [2.45, 2.75) is 6.04 Å². The van der Waals surface area contributed by atoms with Gasteiger partial charge < -0.3 is 5.32 Å². The number of hydrogen-bond donors (Lipinski definition) is 1. The van der Waals surface area contributed by atoms with Crippen LogP contribution in [0.5, 0.6) is 0 Å². The molecule has 2 heterocycles. The number of nitrogens with zero attached hydrogens (tertiary/aromatic N) is 1. The largest absolute Gasteiger partial charge is 0.373 e. The Labute approximate surface area is 129 Å². The second-order valence-corrected chi connectivity index (χ2v) is 6.37. The maximum Gasteiger partial charge on any atom is 0.269 e. The Balaban J connectivity index is 1.87. The lowest BCUT2D eigenvalue weighted by Gasteiger charge is -2.17. The minimum Gasteiger partial charge on any atom is -0.373 e. The SMILES string of the molecule is O=[N+]([O-])c1ccc(NC(c2cccs2)c2cccs2)cc1. The fourth-order valence-corrected chi connectivity index (χ4v) is 3.70. The second kappa shape index (κ2) is 6.07. The summed E-state index contributed by atoms with van der Waals surface area (Å²) in [6, 6.07) is 14.8. The average Bonchev–Trinajstić information content (AvgIpc) is 3.19. The Morgan fingerprint density at radius 3 is 1.95 bits per heavy atom. The molecule has 0 amide bonds. The number of nitro benzene ring substituents is 1. The van der Waals surface area contributed by atoms with E-state index in [2.05, 4.69) is 17.4 Å². The summed E-state index contributed by atoms with van der Waals surface area (Å²) in [4.78, 5) is 12.7. The van der Waals surface area contributed by atoms with Gasteiger partial charge in [0.1, 0.15) is 0 Å². The number of nitro groups is 1. The van der Waals surface area contributed by atoms with Crippen molar-refractivity contribution in [2.24, 2.45) is 0 Å². The average molecular weight is 316 g/mol. The highest BCUT2D eigenvalue weighted by Crippen LogP contribution is 2.32. The molecule has 0 unspecified atom stereocenters. The third kappa shape index (κ3) is 3.12. The van der Waals surface area contributed by atoms with Crippen LogP contribution in [0, 0.1) is 10.1 Å². The van der Waals surface area contributed by atoms with Crippen LogP contribution in [0.25, 0.3) is 0 Å². The van der Waals surface area contributed by atoms with Crippen LogP contribution in [0.4, 0.5) is 11.4 Å². The molecule has 3 rings (SSSR count). The van der Waals surface area contributed by atoms with Gasteiger partial charge in [0.2, 0.25) is 0 Å². The van der Waals surface area contributed by atoms with Crippen molar-refractivity contribution in [3.8, 4) is 0 Å². The molecule has 21 heavy (non-hydrogen) atoms. The first-order valence-corrected chi connectivity index (χ1v) is 8.08. The Kier molecular flexibility index (Phi) is 3.98. The molecule has 2 aromatic heterocycles. The third-order valence-corrected chi connectivity index (χ3v) is 4.92. The topological polar surface area (TPSA) is 55.2 Å². The van der Waals surface area contributed by atoms with Crippen LogP contribution in [0.2, 0.25) is 0 Å².